The molecule has 49 heavy (non-hydrogen) atoms. The largest absolute Gasteiger partial charge is 0.487 e. The summed E-state index contributed by atoms with van der Waals surface area (Å²) in [6.07, 6.45) is 6.03. The smallest absolute Gasteiger partial charge is 0.255 e. The third kappa shape index (κ3) is 8.53. The summed E-state index contributed by atoms with van der Waals surface area (Å²) < 4.78 is 6.20. The van der Waals surface area contributed by atoms with E-state index in [1.807, 2.05) is 50.2 Å². The monoisotopic (exact) mass is 696 g/mol. The van der Waals surface area contributed by atoms with E-state index in [2.05, 4.69) is 15.6 Å². The fourth-order valence-corrected chi connectivity index (χ4v) is 5.58. The van der Waals surface area contributed by atoms with Gasteiger partial charge in [-0.1, -0.05) is 47.5 Å². The maximum Gasteiger partial charge on any atom is 0.255 e. The number of amides is 3. The quantitative estimate of drug-likeness (QED) is 0.144. The number of rotatable bonds is 11. The van der Waals surface area contributed by atoms with Crippen LogP contribution in [0.15, 0.2) is 91.3 Å². The molecule has 0 saturated carbocycles. The molecule has 2 N–H and O–H groups in total. The van der Waals surface area contributed by atoms with E-state index in [0.29, 0.717) is 38.8 Å². The van der Waals surface area contributed by atoms with Gasteiger partial charge >= 0.3 is 0 Å². The van der Waals surface area contributed by atoms with Crippen LogP contribution in [0.4, 0.5) is 17.1 Å². The predicted molar refractivity (Wildman–Crippen MR) is 196 cm³/mol. The SMILES string of the molecule is Cc1cc(N(C)C)c2cccc(OCc3c(Cl)ccc(N(C)C(=O)CNC(=O)C=Cc4ccc(NC(=O)c5ccncc5)cc4)c3Cl)c2n1. The molecule has 12 heteroatoms. The molecule has 0 aliphatic heterocycles. The molecule has 0 aliphatic carbocycles. The number of aryl methyl sites for hydroxylation is 1. The average molecular weight is 698 g/mol. The normalized spacial score (nSPS) is 11.0. The topological polar surface area (TPSA) is 117 Å². The van der Waals surface area contributed by atoms with Crippen molar-refractivity contribution in [2.75, 3.05) is 42.8 Å². The molecule has 250 valence electrons. The number of fused-ring (bicyclic) bond motifs is 1. The Bertz CT molecular complexity index is 2040. The number of hydrogen-bond donors (Lipinski definition) is 2. The second kappa shape index (κ2) is 15.6. The van der Waals surface area contributed by atoms with Crippen LogP contribution in [0.3, 0.4) is 0 Å². The first-order valence-electron chi connectivity index (χ1n) is 15.2. The lowest BCUT2D eigenvalue weighted by Gasteiger charge is -2.21. The van der Waals surface area contributed by atoms with Gasteiger partial charge in [0.15, 0.2) is 0 Å². The van der Waals surface area contributed by atoms with Gasteiger partial charge < -0.3 is 25.2 Å². The van der Waals surface area contributed by atoms with Crippen LogP contribution in [0.1, 0.15) is 27.2 Å². The molecule has 0 radical (unpaired) electrons. The summed E-state index contributed by atoms with van der Waals surface area (Å²) in [5, 5.41) is 7.00. The first kappa shape index (κ1) is 34.9. The first-order valence-corrected chi connectivity index (χ1v) is 16.0. The molecule has 0 aliphatic rings. The van der Waals surface area contributed by atoms with Gasteiger partial charge in [0, 0.05) is 78.2 Å². The summed E-state index contributed by atoms with van der Waals surface area (Å²) in [7, 11) is 5.52. The van der Waals surface area contributed by atoms with Crippen molar-refractivity contribution in [3.05, 3.63) is 124 Å². The minimum absolute atomic E-state index is 0.0409. The number of likely N-dealkylation sites (N-methyl/N-ethyl adjacent to an activating group) is 1. The zero-order valence-electron chi connectivity index (χ0n) is 27.3. The summed E-state index contributed by atoms with van der Waals surface area (Å²) >= 11 is 13.3. The standard InChI is InChI=1S/C37H34Cl2N6O4/c1-23-20-31(44(2)3)27-6-5-7-32(36(27)42-23)49-22-28-29(38)13-14-30(35(28)39)45(4)34(47)21-41-33(46)15-10-24-8-11-26(12-9-24)43-37(48)25-16-18-40-19-17-25/h5-20H,21-22H2,1-4H3,(H,41,46)(H,43,48). The average Bonchev–Trinajstić information content (AvgIpc) is 3.10. The van der Waals surface area contributed by atoms with Crippen molar-refractivity contribution in [1.29, 1.82) is 0 Å². The molecule has 0 unspecified atom stereocenters. The lowest BCUT2D eigenvalue weighted by Crippen LogP contribution is -2.37. The number of aromatic nitrogens is 2. The molecule has 0 spiro atoms. The number of benzene rings is 3. The van der Waals surface area contributed by atoms with Crippen LogP contribution in [0.25, 0.3) is 17.0 Å². The summed E-state index contributed by atoms with van der Waals surface area (Å²) in [6.45, 7) is 1.71. The van der Waals surface area contributed by atoms with E-state index in [9.17, 15) is 14.4 Å². The van der Waals surface area contributed by atoms with Crippen molar-refractivity contribution in [3.8, 4) is 5.75 Å². The van der Waals surface area contributed by atoms with Gasteiger partial charge in [0.25, 0.3) is 5.91 Å². The second-order valence-electron chi connectivity index (χ2n) is 11.3. The first-order chi connectivity index (χ1) is 23.5. The molecular formula is C37H34Cl2N6O4. The van der Waals surface area contributed by atoms with Crippen LogP contribution in [0, 0.1) is 6.92 Å². The molecule has 3 amide bonds. The zero-order chi connectivity index (χ0) is 35.1. The number of carbonyl (C=O) groups excluding carboxylic acids is 3. The Morgan fingerprint density at radius 3 is 2.37 bits per heavy atom. The van der Waals surface area contributed by atoms with Gasteiger partial charge in [-0.25, -0.2) is 4.98 Å². The lowest BCUT2D eigenvalue weighted by molar-refractivity contribution is -0.122. The highest BCUT2D eigenvalue weighted by atomic mass is 35.5. The van der Waals surface area contributed by atoms with Crippen LogP contribution >= 0.6 is 23.2 Å². The van der Waals surface area contributed by atoms with E-state index in [1.165, 1.54) is 11.0 Å². The molecule has 5 rings (SSSR count). The summed E-state index contributed by atoms with van der Waals surface area (Å²) in [6, 6.07) is 21.3. The van der Waals surface area contributed by atoms with Gasteiger partial charge in [0.1, 0.15) is 17.9 Å². The highest BCUT2D eigenvalue weighted by Gasteiger charge is 2.20. The third-order valence-corrected chi connectivity index (χ3v) is 8.39. The Balaban J connectivity index is 1.18. The Kier molecular flexibility index (Phi) is 11.1. The van der Waals surface area contributed by atoms with Gasteiger partial charge in [0.05, 0.1) is 17.3 Å². The lowest BCUT2D eigenvalue weighted by atomic mass is 10.1. The van der Waals surface area contributed by atoms with Crippen LogP contribution < -0.4 is 25.2 Å². The number of pyridine rings is 2. The zero-order valence-corrected chi connectivity index (χ0v) is 28.8. The minimum Gasteiger partial charge on any atom is -0.487 e. The highest BCUT2D eigenvalue weighted by molar-refractivity contribution is 6.38. The van der Waals surface area contributed by atoms with Crippen molar-refractivity contribution in [2.24, 2.45) is 0 Å². The van der Waals surface area contributed by atoms with Crippen molar-refractivity contribution in [1.82, 2.24) is 15.3 Å². The molecule has 2 aromatic heterocycles. The number of hydrogen-bond acceptors (Lipinski definition) is 7. The van der Waals surface area contributed by atoms with Gasteiger partial charge in [-0.3, -0.25) is 19.4 Å². The molecule has 10 nitrogen and oxygen atoms in total. The number of para-hydroxylation sites is 1. The Hall–Kier alpha value is -5.45. The molecule has 0 saturated heterocycles. The number of halogens is 2. The summed E-state index contributed by atoms with van der Waals surface area (Å²) in [5.41, 5.74) is 5.34. The molecule has 3 aromatic carbocycles. The molecule has 2 heterocycles. The fourth-order valence-electron chi connectivity index (χ4n) is 4.97. The predicted octanol–water partition coefficient (Wildman–Crippen LogP) is 6.93. The molecule has 5 aromatic rings. The van der Waals surface area contributed by atoms with E-state index in [1.54, 1.807) is 74.0 Å². The summed E-state index contributed by atoms with van der Waals surface area (Å²) in [4.78, 5) is 49.9. The van der Waals surface area contributed by atoms with Crippen molar-refractivity contribution < 1.29 is 19.1 Å². The van der Waals surface area contributed by atoms with Crippen molar-refractivity contribution in [3.63, 3.8) is 0 Å². The Labute approximate surface area is 294 Å². The van der Waals surface area contributed by atoms with Crippen molar-refractivity contribution in [2.45, 2.75) is 13.5 Å². The van der Waals surface area contributed by atoms with Crippen LogP contribution in [0.2, 0.25) is 10.0 Å². The maximum absolute atomic E-state index is 13.1. The minimum atomic E-state index is -0.454. The van der Waals surface area contributed by atoms with Crippen LogP contribution in [0.5, 0.6) is 5.75 Å². The maximum atomic E-state index is 13.1. The number of ether oxygens (including phenoxy) is 1. The number of carbonyl (C=O) groups is 3. The Morgan fingerprint density at radius 1 is 0.918 bits per heavy atom. The molecule has 0 bridgehead atoms. The van der Waals surface area contributed by atoms with E-state index in [0.717, 1.165) is 22.3 Å². The molecule has 0 fully saturated rings. The van der Waals surface area contributed by atoms with Crippen molar-refractivity contribution >= 4 is 75.0 Å². The number of nitrogens with zero attached hydrogens (tertiary/aromatic N) is 4. The van der Waals surface area contributed by atoms with Gasteiger partial charge in [-0.15, -0.1) is 0 Å². The van der Waals surface area contributed by atoms with Crippen LogP contribution in [-0.2, 0) is 16.2 Å². The van der Waals surface area contributed by atoms with E-state index < -0.39 is 11.8 Å². The van der Waals surface area contributed by atoms with Gasteiger partial charge in [0.2, 0.25) is 11.8 Å². The number of anilines is 3. The number of nitrogens with one attached hydrogen (secondary N) is 2. The Morgan fingerprint density at radius 2 is 1.65 bits per heavy atom. The van der Waals surface area contributed by atoms with Crippen LogP contribution in [-0.4, -0.2) is 55.4 Å². The highest BCUT2D eigenvalue weighted by Crippen LogP contribution is 2.36. The fraction of sp³-hybridized carbons (Fsp3) is 0.162. The molecular weight excluding hydrogens is 663 g/mol. The third-order valence-electron chi connectivity index (χ3n) is 7.62. The van der Waals surface area contributed by atoms with E-state index >= 15 is 0 Å². The van der Waals surface area contributed by atoms with Gasteiger partial charge in [-0.2, -0.15) is 0 Å². The van der Waals surface area contributed by atoms with Gasteiger partial charge in [-0.05, 0) is 67.1 Å². The van der Waals surface area contributed by atoms with E-state index in [-0.39, 0.29) is 24.1 Å². The summed E-state index contributed by atoms with van der Waals surface area (Å²) in [5.74, 6) is -0.524. The van der Waals surface area contributed by atoms with E-state index in [4.69, 9.17) is 32.9 Å². The molecule has 0 atom stereocenters. The second-order valence-corrected chi connectivity index (χ2v) is 12.1.